The van der Waals surface area contributed by atoms with Gasteiger partial charge in [-0.2, -0.15) is 0 Å². The minimum Gasteiger partial charge on any atom is -0.393 e. The highest BCUT2D eigenvalue weighted by Gasteiger charge is 2.34. The Kier molecular flexibility index (Phi) is 4.70. The van der Waals surface area contributed by atoms with Gasteiger partial charge in [0.15, 0.2) is 0 Å². The number of para-hydroxylation sites is 1. The molecule has 1 aromatic rings. The van der Waals surface area contributed by atoms with E-state index in [1.807, 2.05) is 0 Å². The van der Waals surface area contributed by atoms with Gasteiger partial charge in [-0.15, -0.1) is 0 Å². The summed E-state index contributed by atoms with van der Waals surface area (Å²) in [5, 5.41) is 14.5. The van der Waals surface area contributed by atoms with Gasteiger partial charge in [-0.25, -0.2) is 0 Å². The van der Waals surface area contributed by atoms with Gasteiger partial charge in [-0.3, -0.25) is 10.1 Å². The molecule has 0 aromatic heterocycles. The van der Waals surface area contributed by atoms with Crippen LogP contribution < -0.4 is 11.1 Å². The number of nitrogens with one attached hydrogen (secondary N) is 1. The van der Waals surface area contributed by atoms with Gasteiger partial charge < -0.3 is 11.1 Å². The molecule has 0 saturated heterocycles. The Morgan fingerprint density at radius 2 is 2.05 bits per heavy atom. The lowest BCUT2D eigenvalue weighted by atomic mass is 9.78. The first-order valence-corrected chi connectivity index (χ1v) is 7.70. The lowest BCUT2D eigenvalue weighted by Gasteiger charge is -2.31. The summed E-state index contributed by atoms with van der Waals surface area (Å²) in [4.78, 5) is 10.8. The SMILES string of the molecule is CC(C)CC1(CNc2cccc(N)c2[N+](=O)[O-])CCCC1. The lowest BCUT2D eigenvalue weighted by Crippen LogP contribution is -2.28. The second kappa shape index (κ2) is 6.33. The van der Waals surface area contributed by atoms with Crippen LogP contribution in [-0.2, 0) is 0 Å². The average molecular weight is 291 g/mol. The molecule has 1 aliphatic carbocycles. The van der Waals surface area contributed by atoms with Crippen LogP contribution in [0.3, 0.4) is 0 Å². The molecule has 3 N–H and O–H groups in total. The van der Waals surface area contributed by atoms with E-state index < -0.39 is 4.92 Å². The molecule has 0 heterocycles. The third kappa shape index (κ3) is 3.65. The molecule has 2 rings (SSSR count). The maximum atomic E-state index is 11.2. The first kappa shape index (κ1) is 15.6. The van der Waals surface area contributed by atoms with Crippen LogP contribution in [-0.4, -0.2) is 11.5 Å². The van der Waals surface area contributed by atoms with Crippen molar-refractivity contribution in [3.63, 3.8) is 0 Å². The highest BCUT2D eigenvalue weighted by molar-refractivity contribution is 5.74. The molecule has 5 nitrogen and oxygen atoms in total. The van der Waals surface area contributed by atoms with Gasteiger partial charge in [0.2, 0.25) is 0 Å². The second-order valence-corrected chi connectivity index (χ2v) is 6.66. The van der Waals surface area contributed by atoms with E-state index in [1.165, 1.54) is 25.7 Å². The highest BCUT2D eigenvalue weighted by Crippen LogP contribution is 2.43. The summed E-state index contributed by atoms with van der Waals surface area (Å²) in [6.07, 6.45) is 6.08. The van der Waals surface area contributed by atoms with Gasteiger partial charge in [0, 0.05) is 6.54 Å². The van der Waals surface area contributed by atoms with E-state index in [-0.39, 0.29) is 16.8 Å². The molecule has 0 amide bonds. The summed E-state index contributed by atoms with van der Waals surface area (Å²) >= 11 is 0. The number of nitro groups is 1. The molecule has 0 unspecified atom stereocenters. The normalized spacial score (nSPS) is 17.1. The van der Waals surface area contributed by atoms with Crippen molar-refractivity contribution in [1.29, 1.82) is 0 Å². The Labute approximate surface area is 126 Å². The van der Waals surface area contributed by atoms with Gasteiger partial charge in [0.1, 0.15) is 11.4 Å². The van der Waals surface area contributed by atoms with Crippen molar-refractivity contribution >= 4 is 17.1 Å². The van der Waals surface area contributed by atoms with Gasteiger partial charge in [-0.05, 0) is 42.7 Å². The summed E-state index contributed by atoms with van der Waals surface area (Å²) in [5.74, 6) is 0.640. The molecule has 0 atom stereocenters. The van der Waals surface area contributed by atoms with Crippen molar-refractivity contribution < 1.29 is 4.92 Å². The van der Waals surface area contributed by atoms with E-state index in [9.17, 15) is 10.1 Å². The van der Waals surface area contributed by atoms with E-state index >= 15 is 0 Å². The summed E-state index contributed by atoms with van der Waals surface area (Å²) in [6.45, 7) is 5.27. The third-order valence-corrected chi connectivity index (χ3v) is 4.41. The smallest absolute Gasteiger partial charge is 0.314 e. The molecule has 0 aliphatic heterocycles. The predicted molar refractivity (Wildman–Crippen MR) is 86.4 cm³/mol. The number of rotatable bonds is 6. The molecule has 5 heteroatoms. The largest absolute Gasteiger partial charge is 0.393 e. The Hall–Kier alpha value is -1.78. The van der Waals surface area contributed by atoms with Crippen LogP contribution in [0.2, 0.25) is 0 Å². The average Bonchev–Trinajstić information content (AvgIpc) is 2.84. The number of nitro benzene ring substituents is 1. The van der Waals surface area contributed by atoms with Crippen molar-refractivity contribution in [3.05, 3.63) is 28.3 Å². The number of nitrogens with two attached hydrogens (primary N) is 1. The van der Waals surface area contributed by atoms with Gasteiger partial charge in [0.25, 0.3) is 0 Å². The van der Waals surface area contributed by atoms with Crippen molar-refractivity contribution in [2.24, 2.45) is 11.3 Å². The second-order valence-electron chi connectivity index (χ2n) is 6.66. The molecule has 1 aromatic carbocycles. The maximum absolute atomic E-state index is 11.2. The van der Waals surface area contributed by atoms with Crippen LogP contribution in [0.1, 0.15) is 46.0 Å². The molecule has 1 fully saturated rings. The Balaban J connectivity index is 2.15. The van der Waals surface area contributed by atoms with Crippen LogP contribution in [0.4, 0.5) is 17.1 Å². The standard InChI is InChI=1S/C16H25N3O2/c1-12(2)10-16(8-3-4-9-16)11-18-14-7-5-6-13(17)15(14)19(20)21/h5-7,12,18H,3-4,8-11,17H2,1-2H3. The quantitative estimate of drug-likeness (QED) is 0.467. The predicted octanol–water partition coefficient (Wildman–Crippen LogP) is 4.20. The van der Waals surface area contributed by atoms with Crippen molar-refractivity contribution in [2.75, 3.05) is 17.6 Å². The lowest BCUT2D eigenvalue weighted by molar-refractivity contribution is -0.383. The zero-order chi connectivity index (χ0) is 15.5. The molecule has 0 bridgehead atoms. The van der Waals surface area contributed by atoms with E-state index in [1.54, 1.807) is 18.2 Å². The summed E-state index contributed by atoms with van der Waals surface area (Å²) in [6, 6.07) is 5.07. The third-order valence-electron chi connectivity index (χ3n) is 4.41. The maximum Gasteiger partial charge on any atom is 0.314 e. The van der Waals surface area contributed by atoms with E-state index in [0.717, 1.165) is 13.0 Å². The summed E-state index contributed by atoms with van der Waals surface area (Å²) < 4.78 is 0. The Morgan fingerprint density at radius 1 is 1.38 bits per heavy atom. The number of hydrogen-bond acceptors (Lipinski definition) is 4. The summed E-state index contributed by atoms with van der Waals surface area (Å²) in [7, 11) is 0. The monoisotopic (exact) mass is 291 g/mol. The number of anilines is 2. The minimum atomic E-state index is -0.401. The number of nitrogens with zero attached hydrogens (tertiary/aromatic N) is 1. The number of nitrogen functional groups attached to an aromatic ring is 1. The van der Waals surface area contributed by atoms with Crippen LogP contribution >= 0.6 is 0 Å². The van der Waals surface area contributed by atoms with Crippen LogP contribution in [0.15, 0.2) is 18.2 Å². The number of benzene rings is 1. The zero-order valence-electron chi connectivity index (χ0n) is 12.9. The molecule has 0 radical (unpaired) electrons. The molecule has 21 heavy (non-hydrogen) atoms. The van der Waals surface area contributed by atoms with E-state index in [4.69, 9.17) is 5.73 Å². The Morgan fingerprint density at radius 3 is 2.62 bits per heavy atom. The zero-order valence-corrected chi connectivity index (χ0v) is 12.9. The summed E-state index contributed by atoms with van der Waals surface area (Å²) in [5.41, 5.74) is 6.76. The minimum absolute atomic E-state index is 0.00445. The van der Waals surface area contributed by atoms with E-state index in [0.29, 0.717) is 11.6 Å². The molecule has 116 valence electrons. The molecule has 0 spiro atoms. The number of hydrogen-bond donors (Lipinski definition) is 2. The van der Waals surface area contributed by atoms with E-state index in [2.05, 4.69) is 19.2 Å². The van der Waals surface area contributed by atoms with Crippen LogP contribution in [0, 0.1) is 21.4 Å². The Bertz CT molecular complexity index is 508. The fourth-order valence-electron chi connectivity index (χ4n) is 3.63. The first-order valence-electron chi connectivity index (χ1n) is 7.70. The van der Waals surface area contributed by atoms with Gasteiger partial charge in [0.05, 0.1) is 4.92 Å². The molecule has 1 saturated carbocycles. The fraction of sp³-hybridized carbons (Fsp3) is 0.625. The van der Waals surface area contributed by atoms with Gasteiger partial charge in [-0.1, -0.05) is 32.8 Å². The van der Waals surface area contributed by atoms with Crippen molar-refractivity contribution in [3.8, 4) is 0 Å². The van der Waals surface area contributed by atoms with Crippen molar-refractivity contribution in [2.45, 2.75) is 46.0 Å². The topological polar surface area (TPSA) is 81.2 Å². The molecular weight excluding hydrogens is 266 g/mol. The fourth-order valence-corrected chi connectivity index (χ4v) is 3.63. The molecular formula is C16H25N3O2. The molecule has 1 aliphatic rings. The first-order chi connectivity index (χ1) is 9.93. The van der Waals surface area contributed by atoms with Crippen LogP contribution in [0.5, 0.6) is 0 Å². The van der Waals surface area contributed by atoms with Crippen molar-refractivity contribution in [1.82, 2.24) is 0 Å². The highest BCUT2D eigenvalue weighted by atomic mass is 16.6. The van der Waals surface area contributed by atoms with Crippen LogP contribution in [0.25, 0.3) is 0 Å². The van der Waals surface area contributed by atoms with Gasteiger partial charge >= 0.3 is 5.69 Å².